The monoisotopic (exact) mass is 422 g/mol. The first-order valence-electron chi connectivity index (χ1n) is 7.57. The Balaban J connectivity index is 1.96. The number of carbonyl (C=O) groups is 1. The van der Waals surface area contributed by atoms with Gasteiger partial charge in [0.2, 0.25) is 5.75 Å². The van der Waals surface area contributed by atoms with Gasteiger partial charge in [-0.2, -0.15) is 5.10 Å². The highest BCUT2D eigenvalue weighted by atomic mass is 79.9. The lowest BCUT2D eigenvalue weighted by Gasteiger charge is -2.12. The van der Waals surface area contributed by atoms with Crippen LogP contribution in [0.3, 0.4) is 0 Å². The number of nitrogens with one attached hydrogen (secondary N) is 1. The molecule has 0 aliphatic rings. The van der Waals surface area contributed by atoms with E-state index in [0.29, 0.717) is 28.6 Å². The van der Waals surface area contributed by atoms with E-state index in [0.717, 1.165) is 4.47 Å². The summed E-state index contributed by atoms with van der Waals surface area (Å²) in [6, 6.07) is 10.7. The second-order valence-corrected chi connectivity index (χ2v) is 5.91. The summed E-state index contributed by atoms with van der Waals surface area (Å²) in [6.07, 6.45) is 1.47. The molecule has 2 aromatic rings. The lowest BCUT2D eigenvalue weighted by molar-refractivity contribution is -0.123. The van der Waals surface area contributed by atoms with Crippen molar-refractivity contribution in [2.24, 2.45) is 5.10 Å². The lowest BCUT2D eigenvalue weighted by atomic mass is 10.2. The van der Waals surface area contributed by atoms with E-state index in [9.17, 15) is 4.79 Å². The normalized spacial score (nSPS) is 10.5. The van der Waals surface area contributed by atoms with Gasteiger partial charge in [-0.25, -0.2) is 5.43 Å². The SMILES string of the molecule is COc1cc(/C=N/NC(=O)COc2cccc(Br)c2)cc(OC)c1OC. The van der Waals surface area contributed by atoms with Gasteiger partial charge in [-0.1, -0.05) is 22.0 Å². The fraction of sp³-hybridized carbons (Fsp3) is 0.222. The van der Waals surface area contributed by atoms with Crippen molar-refractivity contribution in [3.05, 3.63) is 46.4 Å². The smallest absolute Gasteiger partial charge is 0.277 e. The third kappa shape index (κ3) is 5.38. The number of benzene rings is 2. The molecule has 0 saturated heterocycles. The lowest BCUT2D eigenvalue weighted by Crippen LogP contribution is -2.24. The molecule has 0 radical (unpaired) electrons. The number of ether oxygens (including phenoxy) is 4. The van der Waals surface area contributed by atoms with Crippen molar-refractivity contribution in [3.63, 3.8) is 0 Å². The number of hydrazone groups is 1. The second kappa shape index (κ2) is 9.67. The Bertz CT molecular complexity index is 770. The molecule has 0 atom stereocenters. The van der Waals surface area contributed by atoms with Crippen molar-refractivity contribution in [1.82, 2.24) is 5.43 Å². The molecule has 0 saturated carbocycles. The molecule has 0 spiro atoms. The largest absolute Gasteiger partial charge is 0.493 e. The molecule has 1 N–H and O–H groups in total. The average molecular weight is 423 g/mol. The zero-order valence-electron chi connectivity index (χ0n) is 14.6. The standard InChI is InChI=1S/C18H19BrN2O5/c1-23-15-7-12(8-16(24-2)18(15)25-3)10-20-21-17(22)11-26-14-6-4-5-13(19)9-14/h4-10H,11H2,1-3H3,(H,21,22)/b20-10+. The van der Waals surface area contributed by atoms with E-state index in [1.54, 1.807) is 24.3 Å². The van der Waals surface area contributed by atoms with E-state index in [-0.39, 0.29) is 12.5 Å². The molecule has 1 amide bonds. The Hall–Kier alpha value is -2.74. The average Bonchev–Trinajstić information content (AvgIpc) is 2.65. The van der Waals surface area contributed by atoms with Gasteiger partial charge >= 0.3 is 0 Å². The van der Waals surface area contributed by atoms with Crippen LogP contribution < -0.4 is 24.4 Å². The highest BCUT2D eigenvalue weighted by Gasteiger charge is 2.12. The van der Waals surface area contributed by atoms with Crippen molar-refractivity contribution < 1.29 is 23.7 Å². The number of hydrogen-bond donors (Lipinski definition) is 1. The number of methoxy groups -OCH3 is 3. The highest BCUT2D eigenvalue weighted by Crippen LogP contribution is 2.37. The van der Waals surface area contributed by atoms with Crippen molar-refractivity contribution in [2.75, 3.05) is 27.9 Å². The summed E-state index contributed by atoms with van der Waals surface area (Å²) in [5.41, 5.74) is 3.07. The van der Waals surface area contributed by atoms with Crippen molar-refractivity contribution in [3.8, 4) is 23.0 Å². The Kier molecular flexibility index (Phi) is 7.28. The van der Waals surface area contributed by atoms with Gasteiger partial charge in [0.15, 0.2) is 18.1 Å². The zero-order chi connectivity index (χ0) is 18.9. The topological polar surface area (TPSA) is 78.4 Å². The van der Waals surface area contributed by atoms with Crippen molar-refractivity contribution >= 4 is 28.1 Å². The van der Waals surface area contributed by atoms with Crippen LogP contribution in [0, 0.1) is 0 Å². The van der Waals surface area contributed by atoms with Gasteiger partial charge in [-0.15, -0.1) is 0 Å². The summed E-state index contributed by atoms with van der Waals surface area (Å²) >= 11 is 3.34. The first-order chi connectivity index (χ1) is 12.6. The van der Waals surface area contributed by atoms with Crippen LogP contribution in [-0.2, 0) is 4.79 Å². The van der Waals surface area contributed by atoms with Gasteiger partial charge in [0.1, 0.15) is 5.75 Å². The summed E-state index contributed by atoms with van der Waals surface area (Å²) < 4.78 is 22.0. The van der Waals surface area contributed by atoms with Gasteiger partial charge in [0.05, 0.1) is 27.5 Å². The molecule has 2 rings (SSSR count). The van der Waals surface area contributed by atoms with Crippen LogP contribution in [0.15, 0.2) is 46.0 Å². The summed E-state index contributed by atoms with van der Waals surface area (Å²) in [5, 5.41) is 3.91. The van der Waals surface area contributed by atoms with Gasteiger partial charge in [-0.05, 0) is 30.3 Å². The summed E-state index contributed by atoms with van der Waals surface area (Å²) in [7, 11) is 4.58. The van der Waals surface area contributed by atoms with E-state index in [1.165, 1.54) is 27.5 Å². The fourth-order valence-electron chi connectivity index (χ4n) is 2.09. The van der Waals surface area contributed by atoms with Crippen molar-refractivity contribution in [1.29, 1.82) is 0 Å². The van der Waals surface area contributed by atoms with E-state index >= 15 is 0 Å². The van der Waals surface area contributed by atoms with Gasteiger partial charge < -0.3 is 18.9 Å². The maximum atomic E-state index is 11.8. The third-order valence-electron chi connectivity index (χ3n) is 3.26. The first-order valence-corrected chi connectivity index (χ1v) is 8.37. The van der Waals surface area contributed by atoms with Gasteiger partial charge in [0.25, 0.3) is 5.91 Å². The molecule has 7 nitrogen and oxygen atoms in total. The van der Waals surface area contributed by atoms with Crippen LogP contribution in [0.1, 0.15) is 5.56 Å². The molecule has 0 aromatic heterocycles. The van der Waals surface area contributed by atoms with E-state index in [4.69, 9.17) is 18.9 Å². The van der Waals surface area contributed by atoms with E-state index in [2.05, 4.69) is 26.5 Å². The molecular formula is C18H19BrN2O5. The molecule has 8 heteroatoms. The fourth-order valence-corrected chi connectivity index (χ4v) is 2.47. The number of halogens is 1. The minimum atomic E-state index is -0.381. The van der Waals surface area contributed by atoms with Crippen LogP contribution in [-0.4, -0.2) is 40.1 Å². The zero-order valence-corrected chi connectivity index (χ0v) is 16.2. The molecular weight excluding hydrogens is 404 g/mol. The predicted molar refractivity (Wildman–Crippen MR) is 101 cm³/mol. The summed E-state index contributed by atoms with van der Waals surface area (Å²) in [4.78, 5) is 11.8. The molecule has 138 valence electrons. The number of carbonyl (C=O) groups excluding carboxylic acids is 1. The van der Waals surface area contributed by atoms with Crippen LogP contribution in [0.5, 0.6) is 23.0 Å². The minimum absolute atomic E-state index is 0.150. The molecule has 0 unspecified atom stereocenters. The Morgan fingerprint density at radius 3 is 2.38 bits per heavy atom. The number of rotatable bonds is 8. The van der Waals surface area contributed by atoms with Crippen LogP contribution in [0.2, 0.25) is 0 Å². The molecule has 0 fully saturated rings. The molecule has 2 aromatic carbocycles. The maximum Gasteiger partial charge on any atom is 0.277 e. The van der Waals surface area contributed by atoms with E-state index in [1.807, 2.05) is 12.1 Å². The van der Waals surface area contributed by atoms with Gasteiger partial charge in [-0.3, -0.25) is 4.79 Å². The van der Waals surface area contributed by atoms with Gasteiger partial charge in [0, 0.05) is 10.0 Å². The quantitative estimate of drug-likeness (QED) is 0.522. The molecule has 26 heavy (non-hydrogen) atoms. The number of nitrogens with zero attached hydrogens (tertiary/aromatic N) is 1. The number of hydrogen-bond acceptors (Lipinski definition) is 6. The molecule has 0 bridgehead atoms. The Morgan fingerprint density at radius 2 is 1.81 bits per heavy atom. The Labute approximate surface area is 160 Å². The Morgan fingerprint density at radius 1 is 1.12 bits per heavy atom. The van der Waals surface area contributed by atoms with Crippen LogP contribution in [0.25, 0.3) is 0 Å². The summed E-state index contributed by atoms with van der Waals surface area (Å²) in [6.45, 7) is -0.150. The number of amides is 1. The van der Waals surface area contributed by atoms with Crippen LogP contribution in [0.4, 0.5) is 0 Å². The second-order valence-electron chi connectivity index (χ2n) is 5.00. The first kappa shape index (κ1) is 19.6. The molecule has 0 aliphatic heterocycles. The molecule has 0 aliphatic carbocycles. The maximum absolute atomic E-state index is 11.8. The highest BCUT2D eigenvalue weighted by molar-refractivity contribution is 9.10. The van der Waals surface area contributed by atoms with Crippen LogP contribution >= 0.6 is 15.9 Å². The van der Waals surface area contributed by atoms with E-state index < -0.39 is 0 Å². The third-order valence-corrected chi connectivity index (χ3v) is 3.75. The minimum Gasteiger partial charge on any atom is -0.493 e. The van der Waals surface area contributed by atoms with Crippen molar-refractivity contribution in [2.45, 2.75) is 0 Å². The summed E-state index contributed by atoms with van der Waals surface area (Å²) in [5.74, 6) is 1.69. The predicted octanol–water partition coefficient (Wildman–Crippen LogP) is 3.00. The molecule has 0 heterocycles.